The molecule has 1 aliphatic carbocycles. The number of aliphatic hydroxyl groups excluding tert-OH is 1. The summed E-state index contributed by atoms with van der Waals surface area (Å²) in [4.78, 5) is 2.45. The summed E-state index contributed by atoms with van der Waals surface area (Å²) in [6.07, 6.45) is 11.7. The second-order valence-electron chi connectivity index (χ2n) is 13.8. The lowest BCUT2D eigenvalue weighted by Gasteiger charge is -2.26. The Morgan fingerprint density at radius 1 is 0.756 bits per heavy atom. The van der Waals surface area contributed by atoms with Gasteiger partial charge in [-0.05, 0) is 109 Å². The third kappa shape index (κ3) is 4.50. The van der Waals surface area contributed by atoms with Gasteiger partial charge in [0, 0.05) is 41.1 Å². The van der Waals surface area contributed by atoms with Crippen LogP contribution in [0.4, 0.5) is 11.4 Å². The van der Waals surface area contributed by atoms with Crippen molar-refractivity contribution in [2.45, 2.75) is 71.6 Å². The standard InChI is InChI=1S/C42H44N2O/c1-7-43-34-24-20-28-14-9-11-18-32(28)38(34)41(3,4)36(43)26-22-30-16-13-17-31(40(30)45)23-27-37-42(5,6)39-33-19-12-10-15-29(33)21-25-35(39)44(37)8-2/h9-12,14-15,18-27H,7-8,13,16-17H2,1-6H3/p+1. The van der Waals surface area contributed by atoms with Crippen LogP contribution < -0.4 is 4.90 Å². The molecule has 228 valence electrons. The lowest BCUT2D eigenvalue weighted by molar-refractivity contribution is -0.433. The Kier molecular flexibility index (Phi) is 7.11. The maximum atomic E-state index is 11.6. The number of anilines is 1. The first-order chi connectivity index (χ1) is 21.7. The molecule has 0 bridgehead atoms. The van der Waals surface area contributed by atoms with Crippen molar-refractivity contribution in [2.24, 2.45) is 0 Å². The summed E-state index contributed by atoms with van der Waals surface area (Å²) in [5.74, 6) is 0.443. The number of hydrogen-bond acceptors (Lipinski definition) is 2. The lowest BCUT2D eigenvalue weighted by atomic mass is 9.78. The molecular formula is C42H45N2O+. The molecule has 0 aromatic heterocycles. The van der Waals surface area contributed by atoms with Crippen LogP contribution in [0.15, 0.2) is 120 Å². The van der Waals surface area contributed by atoms with Crippen LogP contribution in [-0.2, 0) is 10.8 Å². The molecule has 4 aromatic carbocycles. The molecule has 2 heterocycles. The molecule has 0 saturated heterocycles. The first-order valence-electron chi connectivity index (χ1n) is 16.7. The van der Waals surface area contributed by atoms with Crippen LogP contribution in [0.5, 0.6) is 0 Å². The molecule has 45 heavy (non-hydrogen) atoms. The predicted molar refractivity (Wildman–Crippen MR) is 191 cm³/mol. The van der Waals surface area contributed by atoms with E-state index in [1.807, 2.05) is 0 Å². The number of aliphatic hydroxyl groups is 1. The van der Waals surface area contributed by atoms with Gasteiger partial charge in [0.15, 0.2) is 5.71 Å². The number of fused-ring (bicyclic) bond motifs is 6. The second-order valence-corrected chi connectivity index (χ2v) is 13.8. The highest BCUT2D eigenvalue weighted by atomic mass is 16.3. The SMILES string of the molecule is CCN1C(=CC=C2CCCC(C=CC3=[N+](CC)c4ccc5ccccc5c4C3(C)C)=C2O)C(C)(C)c2c1ccc1ccccc21. The Balaban J connectivity index is 1.25. The van der Waals surface area contributed by atoms with E-state index in [0.717, 1.165) is 43.5 Å². The van der Waals surface area contributed by atoms with Gasteiger partial charge in [-0.25, -0.2) is 0 Å². The molecule has 0 atom stereocenters. The lowest BCUT2D eigenvalue weighted by Crippen LogP contribution is -2.27. The van der Waals surface area contributed by atoms with E-state index in [1.165, 1.54) is 55.5 Å². The summed E-state index contributed by atoms with van der Waals surface area (Å²) in [7, 11) is 0. The van der Waals surface area contributed by atoms with E-state index in [1.54, 1.807) is 0 Å². The first kappa shape index (κ1) is 29.3. The third-order valence-electron chi connectivity index (χ3n) is 10.5. The van der Waals surface area contributed by atoms with Gasteiger partial charge in [-0.2, -0.15) is 4.58 Å². The summed E-state index contributed by atoms with van der Waals surface area (Å²) in [5.41, 5.74) is 9.70. The summed E-state index contributed by atoms with van der Waals surface area (Å²) < 4.78 is 2.45. The second kappa shape index (κ2) is 10.9. The number of nitrogens with zero attached hydrogens (tertiary/aromatic N) is 2. The molecule has 1 N–H and O–H groups in total. The average Bonchev–Trinajstić information content (AvgIpc) is 3.41. The van der Waals surface area contributed by atoms with Crippen LogP contribution in [-0.4, -0.2) is 28.5 Å². The topological polar surface area (TPSA) is 26.5 Å². The highest BCUT2D eigenvalue weighted by Gasteiger charge is 2.45. The zero-order valence-electron chi connectivity index (χ0n) is 27.6. The molecule has 7 rings (SSSR count). The molecule has 3 heteroatoms. The van der Waals surface area contributed by atoms with Crippen molar-refractivity contribution in [3.05, 3.63) is 131 Å². The molecule has 0 unspecified atom stereocenters. The van der Waals surface area contributed by atoms with Crippen LogP contribution in [0, 0.1) is 0 Å². The van der Waals surface area contributed by atoms with Gasteiger partial charge in [0.2, 0.25) is 5.69 Å². The van der Waals surface area contributed by atoms with Gasteiger partial charge in [0.05, 0.1) is 5.41 Å². The average molecular weight is 594 g/mol. The van der Waals surface area contributed by atoms with Gasteiger partial charge in [-0.15, -0.1) is 0 Å². The normalized spacial score (nSPS) is 20.8. The molecule has 0 radical (unpaired) electrons. The number of allylic oxidation sites excluding steroid dienone is 7. The van der Waals surface area contributed by atoms with Gasteiger partial charge < -0.3 is 10.0 Å². The summed E-state index contributed by atoms with van der Waals surface area (Å²) in [6, 6.07) is 26.5. The van der Waals surface area contributed by atoms with Gasteiger partial charge in [-0.1, -0.05) is 74.5 Å². The van der Waals surface area contributed by atoms with Crippen molar-refractivity contribution in [2.75, 3.05) is 18.0 Å². The molecule has 2 aliphatic heterocycles. The fourth-order valence-electron chi connectivity index (χ4n) is 8.35. The van der Waals surface area contributed by atoms with E-state index < -0.39 is 0 Å². The summed E-state index contributed by atoms with van der Waals surface area (Å²) in [5, 5.41) is 16.8. The number of hydrogen-bond donors (Lipinski definition) is 1. The zero-order valence-corrected chi connectivity index (χ0v) is 27.6. The van der Waals surface area contributed by atoms with Crippen molar-refractivity contribution in [1.82, 2.24) is 0 Å². The smallest absolute Gasteiger partial charge is 0.210 e. The highest BCUT2D eigenvalue weighted by Crippen LogP contribution is 2.51. The number of likely N-dealkylation sites (N-methyl/N-ethyl adjacent to an activating group) is 1. The van der Waals surface area contributed by atoms with Crippen LogP contribution >= 0.6 is 0 Å². The summed E-state index contributed by atoms with van der Waals surface area (Å²) in [6.45, 7) is 15.6. The van der Waals surface area contributed by atoms with Gasteiger partial charge in [0.1, 0.15) is 12.3 Å². The van der Waals surface area contributed by atoms with E-state index in [9.17, 15) is 5.11 Å². The van der Waals surface area contributed by atoms with E-state index >= 15 is 0 Å². The number of rotatable bonds is 5. The maximum absolute atomic E-state index is 11.6. The van der Waals surface area contributed by atoms with Crippen LogP contribution in [0.2, 0.25) is 0 Å². The van der Waals surface area contributed by atoms with Crippen molar-refractivity contribution < 1.29 is 9.68 Å². The molecule has 3 nitrogen and oxygen atoms in total. The third-order valence-corrected chi connectivity index (χ3v) is 10.5. The van der Waals surface area contributed by atoms with E-state index in [2.05, 4.69) is 148 Å². The van der Waals surface area contributed by atoms with Crippen LogP contribution in [0.1, 0.15) is 71.9 Å². The van der Waals surface area contributed by atoms with Crippen molar-refractivity contribution >= 4 is 38.6 Å². The van der Waals surface area contributed by atoms with E-state index in [-0.39, 0.29) is 10.8 Å². The predicted octanol–water partition coefficient (Wildman–Crippen LogP) is 10.6. The molecule has 4 aromatic rings. The van der Waals surface area contributed by atoms with Crippen molar-refractivity contribution in [3.8, 4) is 0 Å². The Morgan fingerprint density at radius 3 is 2.11 bits per heavy atom. The minimum Gasteiger partial charge on any atom is -0.507 e. The van der Waals surface area contributed by atoms with Gasteiger partial charge in [-0.3, -0.25) is 0 Å². The summed E-state index contributed by atoms with van der Waals surface area (Å²) >= 11 is 0. The molecular weight excluding hydrogens is 548 g/mol. The van der Waals surface area contributed by atoms with Crippen molar-refractivity contribution in [1.29, 1.82) is 0 Å². The van der Waals surface area contributed by atoms with Crippen molar-refractivity contribution in [3.63, 3.8) is 0 Å². The number of benzene rings is 4. The molecule has 0 saturated carbocycles. The fourth-order valence-corrected chi connectivity index (χ4v) is 8.35. The van der Waals surface area contributed by atoms with Gasteiger partial charge >= 0.3 is 0 Å². The molecule has 0 amide bonds. The highest BCUT2D eigenvalue weighted by molar-refractivity contribution is 6.07. The largest absolute Gasteiger partial charge is 0.507 e. The maximum Gasteiger partial charge on any atom is 0.210 e. The Hall–Kier alpha value is -4.37. The first-order valence-corrected chi connectivity index (χ1v) is 16.7. The van der Waals surface area contributed by atoms with Crippen LogP contribution in [0.25, 0.3) is 21.5 Å². The fraction of sp³-hybridized carbons (Fsp3) is 0.310. The molecule has 0 spiro atoms. The zero-order chi connectivity index (χ0) is 31.5. The Bertz CT molecular complexity index is 2010. The molecule has 3 aliphatic rings. The Labute approximate surface area is 268 Å². The minimum absolute atomic E-state index is 0.145. The van der Waals surface area contributed by atoms with E-state index in [0.29, 0.717) is 5.76 Å². The van der Waals surface area contributed by atoms with Gasteiger partial charge in [0.25, 0.3) is 0 Å². The van der Waals surface area contributed by atoms with E-state index in [4.69, 9.17) is 0 Å². The Morgan fingerprint density at radius 2 is 1.42 bits per heavy atom. The van der Waals surface area contributed by atoms with Crippen LogP contribution in [0.3, 0.4) is 0 Å². The molecule has 0 fully saturated rings. The quantitative estimate of drug-likeness (QED) is 0.233. The monoisotopic (exact) mass is 593 g/mol. The minimum atomic E-state index is -0.145.